The second-order valence-electron chi connectivity index (χ2n) is 3.44. The molecule has 0 bridgehead atoms. The summed E-state index contributed by atoms with van der Waals surface area (Å²) in [6, 6.07) is 13.9. The average molecular weight is 304 g/mol. The van der Waals surface area contributed by atoms with Gasteiger partial charge < -0.3 is 4.74 Å². The van der Waals surface area contributed by atoms with Gasteiger partial charge in [-0.25, -0.2) is 0 Å². The SMILES string of the molecule is Cl[Si](Cl)(Cl)c1ccc(Oc2ccccc2)cc1. The Balaban J connectivity index is 2.14. The Kier molecular flexibility index (Phi) is 3.99. The summed E-state index contributed by atoms with van der Waals surface area (Å²) >= 11 is 17.7. The highest BCUT2D eigenvalue weighted by molar-refractivity contribution is 7.69. The van der Waals surface area contributed by atoms with Crippen LogP contribution in [0.25, 0.3) is 0 Å². The largest absolute Gasteiger partial charge is 0.457 e. The van der Waals surface area contributed by atoms with E-state index in [-0.39, 0.29) is 0 Å². The predicted molar refractivity (Wildman–Crippen MR) is 75.9 cm³/mol. The van der Waals surface area contributed by atoms with Crippen molar-refractivity contribution >= 4 is 44.4 Å². The maximum Gasteiger partial charge on any atom is 0.372 e. The van der Waals surface area contributed by atoms with Crippen molar-refractivity contribution in [1.29, 1.82) is 0 Å². The van der Waals surface area contributed by atoms with Crippen LogP contribution in [0.5, 0.6) is 11.5 Å². The van der Waals surface area contributed by atoms with E-state index in [9.17, 15) is 0 Å². The van der Waals surface area contributed by atoms with E-state index in [1.165, 1.54) is 0 Å². The Labute approximate surface area is 115 Å². The molecule has 0 unspecified atom stereocenters. The Hall–Kier alpha value is -0.673. The van der Waals surface area contributed by atoms with Crippen LogP contribution in [0, 0.1) is 0 Å². The van der Waals surface area contributed by atoms with Crippen molar-refractivity contribution in [2.75, 3.05) is 0 Å². The molecule has 5 heteroatoms. The molecule has 1 nitrogen and oxygen atoms in total. The van der Waals surface area contributed by atoms with Crippen LogP contribution in [-0.4, -0.2) is 6.00 Å². The average Bonchev–Trinajstić information content (AvgIpc) is 2.30. The van der Waals surface area contributed by atoms with Gasteiger partial charge in [-0.15, -0.1) is 33.2 Å². The van der Waals surface area contributed by atoms with Crippen LogP contribution in [0.15, 0.2) is 54.6 Å². The van der Waals surface area contributed by atoms with E-state index in [0.29, 0.717) is 0 Å². The second-order valence-corrected chi connectivity index (χ2v) is 11.9. The van der Waals surface area contributed by atoms with Crippen molar-refractivity contribution in [3.63, 3.8) is 0 Å². The molecule has 0 aliphatic heterocycles. The van der Waals surface area contributed by atoms with Gasteiger partial charge in [0.05, 0.1) is 0 Å². The molecule has 88 valence electrons. The molecule has 0 aliphatic rings. The number of benzene rings is 2. The highest BCUT2D eigenvalue weighted by Gasteiger charge is 2.27. The first-order valence-electron chi connectivity index (χ1n) is 4.96. The first-order chi connectivity index (χ1) is 8.05. The zero-order valence-corrected chi connectivity index (χ0v) is 12.0. The van der Waals surface area contributed by atoms with Crippen LogP contribution in [0.3, 0.4) is 0 Å². The van der Waals surface area contributed by atoms with Gasteiger partial charge in [-0.1, -0.05) is 30.3 Å². The molecule has 0 N–H and O–H groups in total. The van der Waals surface area contributed by atoms with Gasteiger partial charge in [0.2, 0.25) is 0 Å². The molecule has 0 saturated carbocycles. The lowest BCUT2D eigenvalue weighted by Gasteiger charge is -2.09. The maximum atomic E-state index is 5.90. The number of rotatable bonds is 3. The van der Waals surface area contributed by atoms with E-state index in [1.807, 2.05) is 30.3 Å². The van der Waals surface area contributed by atoms with Crippen molar-refractivity contribution in [1.82, 2.24) is 0 Å². The summed E-state index contributed by atoms with van der Waals surface area (Å²) in [5.41, 5.74) is 0. The molecule has 0 aromatic heterocycles. The Morgan fingerprint density at radius 1 is 0.706 bits per heavy atom. The number of halogens is 3. The fourth-order valence-electron chi connectivity index (χ4n) is 1.34. The molecule has 0 saturated heterocycles. The minimum Gasteiger partial charge on any atom is -0.457 e. The standard InChI is InChI=1S/C12H9Cl3OSi/c13-17(14,15)12-8-6-11(7-9-12)16-10-4-2-1-3-5-10/h1-9H. The number of ether oxygens (including phenoxy) is 1. The summed E-state index contributed by atoms with van der Waals surface area (Å²) in [7, 11) is 0. The molecular formula is C12H9Cl3OSi. The molecule has 0 heterocycles. The lowest BCUT2D eigenvalue weighted by atomic mass is 10.3. The molecule has 0 amide bonds. The van der Waals surface area contributed by atoms with E-state index in [2.05, 4.69) is 0 Å². The summed E-state index contributed by atoms with van der Waals surface area (Å²) in [5.74, 6) is 1.51. The van der Waals surface area contributed by atoms with Crippen molar-refractivity contribution in [2.24, 2.45) is 0 Å². The number of hydrogen-bond acceptors (Lipinski definition) is 1. The Morgan fingerprint density at radius 2 is 1.24 bits per heavy atom. The lowest BCUT2D eigenvalue weighted by Crippen LogP contribution is -2.29. The van der Waals surface area contributed by atoms with Crippen molar-refractivity contribution in [3.8, 4) is 11.5 Å². The third kappa shape index (κ3) is 3.65. The van der Waals surface area contributed by atoms with Gasteiger partial charge in [-0.3, -0.25) is 0 Å². The minimum absolute atomic E-state index is 0.725. The molecule has 2 aromatic rings. The van der Waals surface area contributed by atoms with Crippen LogP contribution in [-0.2, 0) is 0 Å². The Bertz CT molecular complexity index is 479. The summed E-state index contributed by atoms with van der Waals surface area (Å²) in [5, 5.41) is 0.753. The van der Waals surface area contributed by atoms with E-state index in [0.717, 1.165) is 16.7 Å². The van der Waals surface area contributed by atoms with E-state index >= 15 is 0 Å². The smallest absolute Gasteiger partial charge is 0.372 e. The molecule has 0 fully saturated rings. The summed E-state index contributed by atoms with van der Waals surface area (Å²) in [6.45, 7) is 0. The maximum absolute atomic E-state index is 5.90. The quantitative estimate of drug-likeness (QED) is 0.605. The molecule has 2 aromatic carbocycles. The molecule has 0 radical (unpaired) electrons. The zero-order chi connectivity index (χ0) is 12.3. The van der Waals surface area contributed by atoms with Gasteiger partial charge >= 0.3 is 6.00 Å². The van der Waals surface area contributed by atoms with Gasteiger partial charge in [0.25, 0.3) is 0 Å². The van der Waals surface area contributed by atoms with Crippen LogP contribution in [0.1, 0.15) is 0 Å². The zero-order valence-electron chi connectivity index (χ0n) is 8.74. The fraction of sp³-hybridized carbons (Fsp3) is 0. The van der Waals surface area contributed by atoms with E-state index in [1.54, 1.807) is 24.3 Å². The molecule has 0 spiro atoms. The minimum atomic E-state index is -2.79. The molecule has 17 heavy (non-hydrogen) atoms. The third-order valence-corrected chi connectivity index (χ3v) is 5.11. The van der Waals surface area contributed by atoms with Crippen molar-refractivity contribution in [2.45, 2.75) is 0 Å². The van der Waals surface area contributed by atoms with Gasteiger partial charge in [-0.2, -0.15) is 0 Å². The monoisotopic (exact) mass is 302 g/mol. The van der Waals surface area contributed by atoms with Crippen molar-refractivity contribution < 1.29 is 4.74 Å². The summed E-state index contributed by atoms with van der Waals surface area (Å²) in [6.07, 6.45) is 0. The topological polar surface area (TPSA) is 9.23 Å². The molecular weight excluding hydrogens is 295 g/mol. The highest BCUT2D eigenvalue weighted by Crippen LogP contribution is 2.23. The van der Waals surface area contributed by atoms with Crippen LogP contribution >= 0.6 is 33.2 Å². The van der Waals surface area contributed by atoms with E-state index < -0.39 is 6.00 Å². The molecule has 0 atom stereocenters. The Morgan fingerprint density at radius 3 is 1.76 bits per heavy atom. The number of para-hydroxylation sites is 1. The first kappa shape index (κ1) is 12.8. The first-order valence-corrected chi connectivity index (χ1v) is 9.99. The van der Waals surface area contributed by atoms with Gasteiger partial charge in [0.15, 0.2) is 0 Å². The third-order valence-electron chi connectivity index (χ3n) is 2.16. The van der Waals surface area contributed by atoms with Gasteiger partial charge in [0.1, 0.15) is 11.5 Å². The summed E-state index contributed by atoms with van der Waals surface area (Å²) < 4.78 is 5.63. The normalized spacial score (nSPS) is 11.2. The van der Waals surface area contributed by atoms with Crippen molar-refractivity contribution in [3.05, 3.63) is 54.6 Å². The van der Waals surface area contributed by atoms with E-state index in [4.69, 9.17) is 38.0 Å². The molecule has 2 rings (SSSR count). The van der Waals surface area contributed by atoms with Gasteiger partial charge in [-0.05, 0) is 29.5 Å². The highest BCUT2D eigenvalue weighted by atomic mass is 35.8. The van der Waals surface area contributed by atoms with Gasteiger partial charge in [0, 0.05) is 0 Å². The van der Waals surface area contributed by atoms with Crippen LogP contribution in [0.2, 0.25) is 0 Å². The van der Waals surface area contributed by atoms with Crippen LogP contribution < -0.4 is 9.92 Å². The summed E-state index contributed by atoms with van der Waals surface area (Å²) in [4.78, 5) is 0. The predicted octanol–water partition coefficient (Wildman–Crippen LogP) is 4.34. The van der Waals surface area contributed by atoms with Crippen LogP contribution in [0.4, 0.5) is 0 Å². The number of hydrogen-bond donors (Lipinski definition) is 0. The second kappa shape index (κ2) is 5.32. The molecule has 0 aliphatic carbocycles. The lowest BCUT2D eigenvalue weighted by molar-refractivity contribution is 0.483. The fourth-order valence-corrected chi connectivity index (χ4v) is 3.02.